The highest BCUT2D eigenvalue weighted by atomic mass is 15.1. The molecule has 0 radical (unpaired) electrons. The molecule has 3 heteroatoms. The van der Waals surface area contributed by atoms with E-state index in [0.29, 0.717) is 0 Å². The first-order valence-corrected chi connectivity index (χ1v) is 14.3. The van der Waals surface area contributed by atoms with Crippen molar-refractivity contribution in [1.82, 2.24) is 0 Å². The maximum Gasteiger partial charge on any atom is 0.332 e. The maximum atomic E-state index is 2.67. The van der Waals surface area contributed by atoms with Gasteiger partial charge in [-0.2, -0.15) is 0 Å². The lowest BCUT2D eigenvalue weighted by molar-refractivity contribution is 0.582. The molecule has 2 heterocycles. The van der Waals surface area contributed by atoms with Crippen molar-refractivity contribution in [1.29, 1.82) is 0 Å². The quantitative estimate of drug-likeness (QED) is 0.239. The van der Waals surface area contributed by atoms with E-state index in [-0.39, 0.29) is 23.1 Å². The molecule has 0 saturated heterocycles. The molecule has 0 atom stereocenters. The van der Waals surface area contributed by atoms with Gasteiger partial charge >= 0.3 is 6.85 Å². The average Bonchev–Trinajstić information content (AvgIpc) is 2.89. The molecule has 2 aliphatic rings. The van der Waals surface area contributed by atoms with Crippen molar-refractivity contribution in [2.45, 2.75) is 71.6 Å². The molecule has 2 aliphatic heterocycles. The Morgan fingerprint density at radius 2 is 0.974 bits per heavy atom. The van der Waals surface area contributed by atoms with Crippen molar-refractivity contribution in [3.63, 3.8) is 0 Å². The Bertz CT molecular complexity index is 1470. The Kier molecular flexibility index (Phi) is 5.64. The zero-order valence-electron chi connectivity index (χ0n) is 25.1. The number of benzene rings is 4. The van der Waals surface area contributed by atoms with Gasteiger partial charge in [0.25, 0.3) is 0 Å². The van der Waals surface area contributed by atoms with E-state index in [9.17, 15) is 0 Å². The molecule has 0 aromatic heterocycles. The van der Waals surface area contributed by atoms with Crippen LogP contribution in [0.3, 0.4) is 0 Å². The van der Waals surface area contributed by atoms with Gasteiger partial charge in [-0.3, -0.25) is 0 Å². The van der Waals surface area contributed by atoms with Crippen LogP contribution in [0.1, 0.15) is 77.6 Å². The second-order valence-corrected chi connectivity index (χ2v) is 14.0. The minimum Gasteiger partial charge on any atom is -0.376 e. The van der Waals surface area contributed by atoms with E-state index >= 15 is 0 Å². The van der Waals surface area contributed by atoms with E-state index in [1.807, 2.05) is 0 Å². The number of para-hydroxylation sites is 2. The van der Waals surface area contributed by atoms with Gasteiger partial charge in [-0.05, 0) is 68.3 Å². The predicted octanol–water partition coefficient (Wildman–Crippen LogP) is 7.95. The van der Waals surface area contributed by atoms with Gasteiger partial charge in [0.15, 0.2) is 0 Å². The molecular formula is C36H41BN2. The SMILES string of the molecule is CN1c2ccccc2B(N2c3cc(C(C)(C)C)ccc3C(C)(C)c3ccc(C(C)(C)C)cc32)c2ccccc21. The highest BCUT2D eigenvalue weighted by molar-refractivity contribution is 6.92. The molecule has 0 bridgehead atoms. The second-order valence-electron chi connectivity index (χ2n) is 14.0. The smallest absolute Gasteiger partial charge is 0.332 e. The molecule has 4 aromatic carbocycles. The van der Waals surface area contributed by atoms with Crippen LogP contribution in [0.2, 0.25) is 0 Å². The van der Waals surface area contributed by atoms with Crippen LogP contribution in [0.15, 0.2) is 84.9 Å². The largest absolute Gasteiger partial charge is 0.376 e. The summed E-state index contributed by atoms with van der Waals surface area (Å²) >= 11 is 0. The Morgan fingerprint density at radius 1 is 0.564 bits per heavy atom. The zero-order chi connectivity index (χ0) is 27.9. The summed E-state index contributed by atoms with van der Waals surface area (Å²) in [6.45, 7) is 18.8. The molecule has 0 saturated carbocycles. The van der Waals surface area contributed by atoms with Crippen LogP contribution >= 0.6 is 0 Å². The lowest BCUT2D eigenvalue weighted by Crippen LogP contribution is -2.60. The van der Waals surface area contributed by atoms with Crippen molar-refractivity contribution >= 4 is 40.5 Å². The van der Waals surface area contributed by atoms with Crippen LogP contribution in [0, 0.1) is 0 Å². The monoisotopic (exact) mass is 512 g/mol. The molecular weight excluding hydrogens is 471 g/mol. The molecule has 198 valence electrons. The van der Waals surface area contributed by atoms with Gasteiger partial charge < -0.3 is 9.71 Å². The van der Waals surface area contributed by atoms with Crippen LogP contribution in [-0.2, 0) is 16.2 Å². The molecule has 0 amide bonds. The molecule has 0 aliphatic carbocycles. The third kappa shape index (κ3) is 3.93. The molecule has 0 N–H and O–H groups in total. The van der Waals surface area contributed by atoms with E-state index in [0.717, 1.165) is 0 Å². The molecule has 0 unspecified atom stereocenters. The summed E-state index contributed by atoms with van der Waals surface area (Å²) in [5.41, 5.74) is 13.4. The third-order valence-corrected chi connectivity index (χ3v) is 9.04. The Hall–Kier alpha value is -3.46. The molecule has 4 aromatic rings. The van der Waals surface area contributed by atoms with Gasteiger partial charge in [0.1, 0.15) is 0 Å². The number of hydrogen-bond donors (Lipinski definition) is 0. The van der Waals surface area contributed by atoms with Gasteiger partial charge in [0, 0.05) is 35.2 Å². The first-order chi connectivity index (χ1) is 18.3. The molecule has 6 rings (SSSR count). The highest BCUT2D eigenvalue weighted by Gasteiger charge is 2.45. The fourth-order valence-corrected chi connectivity index (χ4v) is 6.63. The minimum atomic E-state index is -0.113. The topological polar surface area (TPSA) is 6.48 Å². The van der Waals surface area contributed by atoms with Crippen molar-refractivity contribution in [2.24, 2.45) is 0 Å². The van der Waals surface area contributed by atoms with Gasteiger partial charge in [0.2, 0.25) is 0 Å². The van der Waals surface area contributed by atoms with Gasteiger partial charge in [-0.15, -0.1) is 0 Å². The number of hydrogen-bond acceptors (Lipinski definition) is 2. The predicted molar refractivity (Wildman–Crippen MR) is 171 cm³/mol. The Balaban J connectivity index is 1.73. The van der Waals surface area contributed by atoms with Crippen LogP contribution < -0.4 is 20.6 Å². The number of nitrogens with zero attached hydrogens (tertiary/aromatic N) is 2. The van der Waals surface area contributed by atoms with Crippen LogP contribution in [-0.4, -0.2) is 13.9 Å². The van der Waals surface area contributed by atoms with Crippen molar-refractivity contribution < 1.29 is 0 Å². The molecule has 39 heavy (non-hydrogen) atoms. The van der Waals surface area contributed by atoms with E-state index in [4.69, 9.17) is 0 Å². The zero-order valence-corrected chi connectivity index (χ0v) is 25.1. The van der Waals surface area contributed by atoms with Crippen molar-refractivity contribution in [3.8, 4) is 0 Å². The highest BCUT2D eigenvalue weighted by Crippen LogP contribution is 2.51. The maximum absolute atomic E-state index is 2.67. The normalized spacial score (nSPS) is 15.9. The fraction of sp³-hybridized carbons (Fsp3) is 0.333. The fourth-order valence-electron chi connectivity index (χ4n) is 6.63. The summed E-state index contributed by atoms with van der Waals surface area (Å²) in [7, 11) is 2.20. The summed E-state index contributed by atoms with van der Waals surface area (Å²) < 4.78 is 0. The molecule has 2 nitrogen and oxygen atoms in total. The van der Waals surface area contributed by atoms with Crippen LogP contribution in [0.5, 0.6) is 0 Å². The van der Waals surface area contributed by atoms with Crippen LogP contribution in [0.4, 0.5) is 22.7 Å². The summed E-state index contributed by atoms with van der Waals surface area (Å²) in [4.78, 5) is 5.03. The first kappa shape index (κ1) is 25.8. The Morgan fingerprint density at radius 3 is 1.38 bits per heavy atom. The summed E-state index contributed by atoms with van der Waals surface area (Å²) in [5, 5.41) is 0. The minimum absolute atomic E-state index is 0.0565. The second kappa shape index (κ2) is 8.52. The number of fused-ring (bicyclic) bond motifs is 4. The van der Waals surface area contributed by atoms with Gasteiger partial charge in [-0.1, -0.05) is 116 Å². The number of anilines is 4. The lowest BCUT2D eigenvalue weighted by Gasteiger charge is -2.48. The standard InChI is InChI=1S/C36H41BN2/c1-34(2,3)24-18-20-26-32(22-24)39(33-23-25(35(4,5)6)19-21-27(33)36(26,7)8)37-28-14-10-12-16-30(28)38(9)31-17-13-11-15-29(31)37/h10-23H,1-9H3. The summed E-state index contributed by atoms with van der Waals surface area (Å²) in [6, 6.07) is 32.4. The molecule has 0 fully saturated rings. The Labute approximate surface area is 235 Å². The van der Waals surface area contributed by atoms with E-state index < -0.39 is 0 Å². The van der Waals surface area contributed by atoms with Crippen LogP contribution in [0.25, 0.3) is 0 Å². The van der Waals surface area contributed by atoms with E-state index in [1.165, 1.54) is 55.9 Å². The third-order valence-electron chi connectivity index (χ3n) is 9.04. The van der Waals surface area contributed by atoms with Crippen molar-refractivity contribution in [2.75, 3.05) is 16.8 Å². The number of rotatable bonds is 1. The van der Waals surface area contributed by atoms with Gasteiger partial charge in [-0.25, -0.2) is 0 Å². The van der Waals surface area contributed by atoms with Gasteiger partial charge in [0.05, 0.1) is 0 Å². The summed E-state index contributed by atoms with van der Waals surface area (Å²) in [5.74, 6) is 0. The molecule has 0 spiro atoms. The average molecular weight is 513 g/mol. The summed E-state index contributed by atoms with van der Waals surface area (Å²) in [6.07, 6.45) is 0. The van der Waals surface area contributed by atoms with Crippen molar-refractivity contribution in [3.05, 3.63) is 107 Å². The van der Waals surface area contributed by atoms with E-state index in [1.54, 1.807) is 0 Å². The van der Waals surface area contributed by atoms with E-state index in [2.05, 4.69) is 157 Å². The lowest BCUT2D eigenvalue weighted by atomic mass is 9.45. The first-order valence-electron chi connectivity index (χ1n) is 14.3.